The van der Waals surface area contributed by atoms with E-state index in [0.717, 1.165) is 0 Å². The molecule has 7 heteroatoms. The number of thiocarbonyl (C=S) groups is 1. The van der Waals surface area contributed by atoms with Gasteiger partial charge >= 0.3 is 0 Å². The second kappa shape index (κ2) is 5.39. The number of rotatable bonds is 3. The fraction of sp³-hybridized carbons (Fsp3) is 0. The van der Waals surface area contributed by atoms with E-state index in [-0.39, 0.29) is 21.8 Å². The highest BCUT2D eigenvalue weighted by atomic mass is 35.5. The second-order valence-corrected chi connectivity index (χ2v) is 3.87. The lowest BCUT2D eigenvalue weighted by atomic mass is 10.1. The normalized spacial score (nSPS) is 10.7. The van der Waals surface area contributed by atoms with Crippen LogP contribution in [0.3, 0.4) is 0 Å². The van der Waals surface area contributed by atoms with E-state index in [9.17, 15) is 10.1 Å². The second-order valence-electron chi connectivity index (χ2n) is 2.99. The third-order valence-corrected chi connectivity index (χ3v) is 2.33. The Bertz CT molecular complexity index is 563. The molecule has 0 saturated heterocycles. The molecule has 1 aromatic rings. The molecule has 0 atom stereocenters. The van der Waals surface area contributed by atoms with Crippen molar-refractivity contribution in [2.45, 2.75) is 0 Å². The van der Waals surface area contributed by atoms with Crippen molar-refractivity contribution in [2.75, 3.05) is 0 Å². The van der Waals surface area contributed by atoms with Crippen LogP contribution in [0.15, 0.2) is 23.8 Å². The molecule has 0 unspecified atom stereocenters. The molecule has 2 N–H and O–H groups in total. The van der Waals surface area contributed by atoms with Gasteiger partial charge in [-0.2, -0.15) is 5.26 Å². The maximum absolute atomic E-state index is 10.8. The molecule has 86 valence electrons. The Morgan fingerprint density at radius 1 is 1.65 bits per heavy atom. The van der Waals surface area contributed by atoms with Crippen LogP contribution in [0.1, 0.15) is 5.56 Å². The average molecular weight is 268 g/mol. The number of nitrogens with zero attached hydrogens (tertiary/aromatic N) is 2. The van der Waals surface area contributed by atoms with Gasteiger partial charge in [-0.25, -0.2) is 0 Å². The molecule has 0 aliphatic rings. The summed E-state index contributed by atoms with van der Waals surface area (Å²) < 4.78 is 0. The van der Waals surface area contributed by atoms with E-state index >= 15 is 0 Å². The minimum atomic E-state index is -0.573. The van der Waals surface area contributed by atoms with E-state index in [1.54, 1.807) is 6.07 Å². The van der Waals surface area contributed by atoms with Gasteiger partial charge in [-0.05, 0) is 18.2 Å². The lowest BCUT2D eigenvalue weighted by Gasteiger charge is -1.99. The van der Waals surface area contributed by atoms with Crippen molar-refractivity contribution >= 4 is 40.6 Å². The zero-order chi connectivity index (χ0) is 13.0. The van der Waals surface area contributed by atoms with Gasteiger partial charge in [0.15, 0.2) is 0 Å². The highest BCUT2D eigenvalue weighted by Crippen LogP contribution is 2.24. The number of hydrogen-bond donors (Lipinski definition) is 1. The molecular weight excluding hydrogens is 262 g/mol. The zero-order valence-electron chi connectivity index (χ0n) is 8.38. The van der Waals surface area contributed by atoms with E-state index in [1.165, 1.54) is 24.3 Å². The molecule has 0 radical (unpaired) electrons. The fourth-order valence-corrected chi connectivity index (χ4v) is 1.41. The van der Waals surface area contributed by atoms with Gasteiger partial charge in [-0.15, -0.1) is 0 Å². The number of halogens is 1. The van der Waals surface area contributed by atoms with Crippen LogP contribution in [-0.2, 0) is 0 Å². The van der Waals surface area contributed by atoms with Crippen molar-refractivity contribution in [3.63, 3.8) is 0 Å². The summed E-state index contributed by atoms with van der Waals surface area (Å²) >= 11 is 10.4. The Balaban J connectivity index is 3.40. The highest BCUT2D eigenvalue weighted by Gasteiger charge is 2.13. The van der Waals surface area contributed by atoms with Gasteiger partial charge in [0, 0.05) is 11.1 Å². The first-order chi connectivity index (χ1) is 7.95. The summed E-state index contributed by atoms with van der Waals surface area (Å²) in [5.74, 6) is 0. The number of nitriles is 1. The summed E-state index contributed by atoms with van der Waals surface area (Å²) in [5, 5.41) is 19.8. The molecule has 0 amide bonds. The molecule has 17 heavy (non-hydrogen) atoms. The number of nitro groups is 1. The summed E-state index contributed by atoms with van der Waals surface area (Å²) in [7, 11) is 0. The molecule has 0 fully saturated rings. The fourth-order valence-electron chi connectivity index (χ4n) is 1.12. The molecule has 0 saturated carbocycles. The van der Waals surface area contributed by atoms with Crippen molar-refractivity contribution in [3.8, 4) is 6.07 Å². The van der Waals surface area contributed by atoms with E-state index in [4.69, 9.17) is 22.6 Å². The SMILES string of the molecule is N#CC(=Cc1cc(Cl)ccc1[N+](=O)[O-])C(N)=S. The van der Waals surface area contributed by atoms with Crippen molar-refractivity contribution in [1.29, 1.82) is 5.26 Å². The van der Waals surface area contributed by atoms with Crippen LogP contribution in [0, 0.1) is 21.4 Å². The van der Waals surface area contributed by atoms with Gasteiger partial charge in [0.05, 0.1) is 16.1 Å². The molecule has 0 aromatic heterocycles. The molecule has 0 aliphatic heterocycles. The summed E-state index contributed by atoms with van der Waals surface area (Å²) in [5.41, 5.74) is 5.31. The van der Waals surface area contributed by atoms with Crippen LogP contribution in [0.2, 0.25) is 5.02 Å². The first kappa shape index (κ1) is 13.1. The van der Waals surface area contributed by atoms with Crippen molar-refractivity contribution in [3.05, 3.63) is 44.5 Å². The molecule has 1 aromatic carbocycles. The minimum Gasteiger partial charge on any atom is -0.389 e. The maximum atomic E-state index is 10.8. The van der Waals surface area contributed by atoms with Gasteiger partial charge in [-0.3, -0.25) is 10.1 Å². The Labute approximate surface area is 107 Å². The topological polar surface area (TPSA) is 92.9 Å². The number of nitrogens with two attached hydrogens (primary N) is 1. The highest BCUT2D eigenvalue weighted by molar-refractivity contribution is 7.80. The van der Waals surface area contributed by atoms with Crippen LogP contribution in [-0.4, -0.2) is 9.91 Å². The third kappa shape index (κ3) is 3.24. The zero-order valence-corrected chi connectivity index (χ0v) is 9.96. The van der Waals surface area contributed by atoms with E-state index in [2.05, 4.69) is 12.2 Å². The molecular formula is C10H6ClN3O2S. The quantitative estimate of drug-likeness (QED) is 0.298. The van der Waals surface area contributed by atoms with Gasteiger partial charge < -0.3 is 5.73 Å². The molecule has 5 nitrogen and oxygen atoms in total. The van der Waals surface area contributed by atoms with Gasteiger partial charge in [0.1, 0.15) is 11.1 Å². The van der Waals surface area contributed by atoms with Gasteiger partial charge in [-0.1, -0.05) is 23.8 Å². The first-order valence-corrected chi connectivity index (χ1v) is 5.10. The third-order valence-electron chi connectivity index (χ3n) is 1.87. The summed E-state index contributed by atoms with van der Waals surface area (Å²) in [6, 6.07) is 5.78. The largest absolute Gasteiger partial charge is 0.389 e. The molecule has 0 bridgehead atoms. The monoisotopic (exact) mass is 267 g/mol. The van der Waals surface area contributed by atoms with E-state index in [1.807, 2.05) is 0 Å². The maximum Gasteiger partial charge on any atom is 0.276 e. The Hall–Kier alpha value is -1.97. The molecule has 0 aliphatic carbocycles. The average Bonchev–Trinajstić information content (AvgIpc) is 2.25. The number of benzene rings is 1. The smallest absolute Gasteiger partial charge is 0.276 e. The number of nitro benzene ring substituents is 1. The standard InChI is InChI=1S/C10H6ClN3O2S/c11-8-1-2-9(14(15)16)6(4-8)3-7(5-12)10(13)17/h1-4H,(H2,13,17). The molecule has 0 heterocycles. The lowest BCUT2D eigenvalue weighted by molar-refractivity contribution is -0.385. The van der Waals surface area contributed by atoms with Crippen molar-refractivity contribution in [1.82, 2.24) is 0 Å². The summed E-state index contributed by atoms with van der Waals surface area (Å²) in [6.45, 7) is 0. The van der Waals surface area contributed by atoms with Gasteiger partial charge in [0.2, 0.25) is 0 Å². The molecule has 0 spiro atoms. The molecule has 1 rings (SSSR count). The van der Waals surface area contributed by atoms with Crippen LogP contribution in [0.25, 0.3) is 6.08 Å². The van der Waals surface area contributed by atoms with Crippen LogP contribution >= 0.6 is 23.8 Å². The van der Waals surface area contributed by atoms with Crippen molar-refractivity contribution in [2.24, 2.45) is 5.73 Å². The first-order valence-electron chi connectivity index (χ1n) is 4.31. The van der Waals surface area contributed by atoms with Gasteiger partial charge in [0.25, 0.3) is 5.69 Å². The Morgan fingerprint density at radius 3 is 2.76 bits per heavy atom. The lowest BCUT2D eigenvalue weighted by Crippen LogP contribution is -2.09. The van der Waals surface area contributed by atoms with Crippen LogP contribution < -0.4 is 5.73 Å². The Morgan fingerprint density at radius 2 is 2.29 bits per heavy atom. The number of hydrogen-bond acceptors (Lipinski definition) is 4. The summed E-state index contributed by atoms with van der Waals surface area (Å²) in [4.78, 5) is 10.1. The minimum absolute atomic E-state index is 0.00892. The van der Waals surface area contributed by atoms with E-state index < -0.39 is 4.92 Å². The van der Waals surface area contributed by atoms with Crippen LogP contribution in [0.5, 0.6) is 0 Å². The van der Waals surface area contributed by atoms with Crippen molar-refractivity contribution < 1.29 is 4.92 Å². The van der Waals surface area contributed by atoms with Crippen LogP contribution in [0.4, 0.5) is 5.69 Å². The predicted octanol–water partition coefficient (Wildman–Crippen LogP) is 2.44. The predicted molar refractivity (Wildman–Crippen MR) is 68.5 cm³/mol. The van der Waals surface area contributed by atoms with E-state index in [0.29, 0.717) is 5.02 Å². The summed E-state index contributed by atoms with van der Waals surface area (Å²) in [6.07, 6.45) is 1.24. The Kier molecular flexibility index (Phi) is 4.15.